The van der Waals surface area contributed by atoms with Gasteiger partial charge in [-0.1, -0.05) is 72.8 Å². The molecule has 2 N–H and O–H groups in total. The van der Waals surface area contributed by atoms with Gasteiger partial charge in [-0.15, -0.1) is 0 Å². The highest BCUT2D eigenvalue weighted by atomic mass is 16.3. The number of nitrogens with zero attached hydrogens (tertiary/aromatic N) is 2. The molecule has 32 heavy (non-hydrogen) atoms. The molecule has 2 unspecified atom stereocenters. The summed E-state index contributed by atoms with van der Waals surface area (Å²) in [7, 11) is 0. The first-order valence-electron chi connectivity index (χ1n) is 11.2. The van der Waals surface area contributed by atoms with Crippen molar-refractivity contribution in [1.82, 2.24) is 9.80 Å². The quantitative estimate of drug-likeness (QED) is 0.602. The molecule has 0 saturated carbocycles. The second-order valence-electron chi connectivity index (χ2n) is 8.45. The molecular formula is C27H30N2O3. The Labute approximate surface area is 189 Å². The number of hydrogen-bond acceptors (Lipinski definition) is 3. The van der Waals surface area contributed by atoms with Gasteiger partial charge in [0.05, 0.1) is 12.1 Å². The van der Waals surface area contributed by atoms with Crippen LogP contribution in [0.15, 0.2) is 84.9 Å². The highest BCUT2D eigenvalue weighted by Crippen LogP contribution is 2.25. The summed E-state index contributed by atoms with van der Waals surface area (Å²) < 4.78 is 0. The third kappa shape index (κ3) is 5.48. The number of hydrogen-bond donors (Lipinski definition) is 2. The Morgan fingerprint density at radius 2 is 1.38 bits per heavy atom. The number of benzene rings is 3. The molecule has 1 aliphatic heterocycles. The molecule has 0 radical (unpaired) electrons. The predicted molar refractivity (Wildman–Crippen MR) is 125 cm³/mol. The summed E-state index contributed by atoms with van der Waals surface area (Å²) in [5, 5.41) is 20.7. The Kier molecular flexibility index (Phi) is 7.07. The smallest absolute Gasteiger partial charge is 0.320 e. The van der Waals surface area contributed by atoms with E-state index < -0.39 is 6.10 Å². The van der Waals surface area contributed by atoms with Gasteiger partial charge in [-0.2, -0.15) is 0 Å². The van der Waals surface area contributed by atoms with Crippen LogP contribution in [0, 0.1) is 0 Å². The Hall–Kier alpha value is -3.31. The molecule has 2 amide bonds. The van der Waals surface area contributed by atoms with Crippen molar-refractivity contribution in [3.63, 3.8) is 0 Å². The molecule has 3 aromatic carbocycles. The van der Waals surface area contributed by atoms with Crippen molar-refractivity contribution >= 4 is 6.03 Å². The van der Waals surface area contributed by atoms with Crippen LogP contribution >= 0.6 is 0 Å². The van der Waals surface area contributed by atoms with Gasteiger partial charge in [-0.25, -0.2) is 4.79 Å². The van der Waals surface area contributed by atoms with E-state index in [-0.39, 0.29) is 17.8 Å². The van der Waals surface area contributed by atoms with Crippen LogP contribution < -0.4 is 0 Å². The van der Waals surface area contributed by atoms with Crippen molar-refractivity contribution in [3.05, 3.63) is 102 Å². The van der Waals surface area contributed by atoms with Gasteiger partial charge in [-0.3, -0.25) is 0 Å². The van der Waals surface area contributed by atoms with Gasteiger partial charge in [0.2, 0.25) is 0 Å². The molecule has 1 heterocycles. The highest BCUT2D eigenvalue weighted by molar-refractivity contribution is 5.75. The van der Waals surface area contributed by atoms with Crippen molar-refractivity contribution in [3.8, 4) is 5.75 Å². The summed E-state index contributed by atoms with van der Waals surface area (Å²) in [6.07, 6.45) is 1.30. The van der Waals surface area contributed by atoms with Gasteiger partial charge in [0.15, 0.2) is 0 Å². The Balaban J connectivity index is 1.64. The minimum absolute atomic E-state index is 0.0553. The number of phenols is 1. The summed E-state index contributed by atoms with van der Waals surface area (Å²) >= 11 is 0. The van der Waals surface area contributed by atoms with Crippen LogP contribution in [0.1, 0.15) is 29.5 Å². The van der Waals surface area contributed by atoms with Gasteiger partial charge in [0.1, 0.15) is 5.75 Å². The first-order valence-corrected chi connectivity index (χ1v) is 11.2. The van der Waals surface area contributed by atoms with Crippen molar-refractivity contribution in [1.29, 1.82) is 0 Å². The maximum Gasteiger partial charge on any atom is 0.320 e. The SMILES string of the molecule is O=C1N(Cc2ccccc2)CCCC(O)C(Cc2ccc(O)cc2)N1Cc1ccccc1. The van der Waals surface area contributed by atoms with E-state index in [0.29, 0.717) is 32.5 Å². The molecule has 5 heteroatoms. The Morgan fingerprint density at radius 3 is 2.00 bits per heavy atom. The second kappa shape index (κ2) is 10.3. The minimum Gasteiger partial charge on any atom is -0.508 e. The number of carbonyl (C=O) groups excluding carboxylic acids is 1. The van der Waals surface area contributed by atoms with Crippen molar-refractivity contribution in [2.45, 2.75) is 44.5 Å². The van der Waals surface area contributed by atoms with Crippen LogP contribution in [0.4, 0.5) is 4.79 Å². The van der Waals surface area contributed by atoms with Crippen LogP contribution in [-0.2, 0) is 19.5 Å². The first-order chi connectivity index (χ1) is 15.6. The van der Waals surface area contributed by atoms with E-state index in [9.17, 15) is 15.0 Å². The number of urea groups is 1. The number of aliphatic hydroxyl groups excluding tert-OH is 1. The molecule has 5 nitrogen and oxygen atoms in total. The summed E-state index contributed by atoms with van der Waals surface area (Å²) in [5.41, 5.74) is 3.11. The van der Waals surface area contributed by atoms with Crippen LogP contribution in [0.25, 0.3) is 0 Å². The van der Waals surface area contributed by atoms with Gasteiger partial charge in [-0.05, 0) is 48.1 Å². The average Bonchev–Trinajstić information content (AvgIpc) is 2.82. The topological polar surface area (TPSA) is 64.0 Å². The van der Waals surface area contributed by atoms with Crippen molar-refractivity contribution in [2.24, 2.45) is 0 Å². The average molecular weight is 431 g/mol. The van der Waals surface area contributed by atoms with Gasteiger partial charge in [0.25, 0.3) is 0 Å². The largest absolute Gasteiger partial charge is 0.508 e. The van der Waals surface area contributed by atoms with E-state index >= 15 is 0 Å². The van der Waals surface area contributed by atoms with E-state index in [1.165, 1.54) is 0 Å². The second-order valence-corrected chi connectivity index (χ2v) is 8.45. The third-order valence-corrected chi connectivity index (χ3v) is 6.08. The Bertz CT molecular complexity index is 992. The lowest BCUT2D eigenvalue weighted by molar-refractivity contribution is 0.0295. The molecule has 1 aliphatic rings. The van der Waals surface area contributed by atoms with Crippen molar-refractivity contribution in [2.75, 3.05) is 6.54 Å². The van der Waals surface area contributed by atoms with Crippen LogP contribution in [0.3, 0.4) is 0 Å². The number of aromatic hydroxyl groups is 1. The molecule has 0 aliphatic carbocycles. The lowest BCUT2D eigenvalue weighted by Crippen LogP contribution is -2.54. The molecule has 0 spiro atoms. The molecule has 0 bridgehead atoms. The fourth-order valence-electron chi connectivity index (χ4n) is 4.35. The molecule has 3 aromatic rings. The number of phenolic OH excluding ortho intramolecular Hbond substituents is 1. The molecule has 1 fully saturated rings. The summed E-state index contributed by atoms with van der Waals surface area (Å²) in [6.45, 7) is 1.60. The van der Waals surface area contributed by atoms with Crippen LogP contribution in [0.5, 0.6) is 5.75 Å². The van der Waals surface area contributed by atoms with E-state index in [1.54, 1.807) is 12.1 Å². The number of rotatable bonds is 6. The van der Waals surface area contributed by atoms with E-state index in [1.807, 2.05) is 82.6 Å². The maximum atomic E-state index is 13.8. The summed E-state index contributed by atoms with van der Waals surface area (Å²) in [4.78, 5) is 17.5. The first kappa shape index (κ1) is 21.9. The molecule has 0 aromatic heterocycles. The van der Waals surface area contributed by atoms with Crippen LogP contribution in [0.2, 0.25) is 0 Å². The monoisotopic (exact) mass is 430 g/mol. The fraction of sp³-hybridized carbons (Fsp3) is 0.296. The van der Waals surface area contributed by atoms with E-state index in [2.05, 4.69) is 0 Å². The minimum atomic E-state index is -0.615. The third-order valence-electron chi connectivity index (χ3n) is 6.08. The Morgan fingerprint density at radius 1 is 0.781 bits per heavy atom. The number of aliphatic hydroxyl groups is 1. The fourth-order valence-corrected chi connectivity index (χ4v) is 4.35. The summed E-state index contributed by atoms with van der Waals surface area (Å²) in [5.74, 6) is 0.207. The standard InChI is InChI=1S/C27H30N2O3/c30-24-15-13-21(14-16-24)18-25-26(31)12-7-17-28(19-22-8-3-1-4-9-22)27(32)29(25)20-23-10-5-2-6-11-23/h1-6,8-11,13-16,25-26,30-31H,7,12,17-20H2. The zero-order valence-corrected chi connectivity index (χ0v) is 18.2. The van der Waals surface area contributed by atoms with E-state index in [0.717, 1.165) is 23.1 Å². The molecule has 1 saturated heterocycles. The summed E-state index contributed by atoms with van der Waals surface area (Å²) in [6, 6.07) is 26.5. The molecule has 2 atom stereocenters. The zero-order chi connectivity index (χ0) is 22.3. The van der Waals surface area contributed by atoms with Gasteiger partial charge in [0, 0.05) is 19.6 Å². The van der Waals surface area contributed by atoms with Gasteiger partial charge >= 0.3 is 6.03 Å². The molecule has 166 valence electrons. The zero-order valence-electron chi connectivity index (χ0n) is 18.2. The molecular weight excluding hydrogens is 400 g/mol. The highest BCUT2D eigenvalue weighted by Gasteiger charge is 2.34. The lowest BCUT2D eigenvalue weighted by Gasteiger charge is -2.41. The lowest BCUT2D eigenvalue weighted by atomic mass is 9.95. The van der Waals surface area contributed by atoms with Crippen LogP contribution in [-0.4, -0.2) is 44.7 Å². The number of amides is 2. The van der Waals surface area contributed by atoms with E-state index in [4.69, 9.17) is 0 Å². The normalized spacial score (nSPS) is 19.5. The van der Waals surface area contributed by atoms with Crippen molar-refractivity contribution < 1.29 is 15.0 Å². The maximum absolute atomic E-state index is 13.8. The number of carbonyl (C=O) groups is 1. The predicted octanol–water partition coefficient (Wildman–Crippen LogP) is 4.58. The molecule has 4 rings (SSSR count). The van der Waals surface area contributed by atoms with Gasteiger partial charge < -0.3 is 20.0 Å².